The van der Waals surface area contributed by atoms with E-state index in [2.05, 4.69) is 20.8 Å². The number of carbonyl (C=O) groups excluding carboxylic acids is 1. The standard InChI is InChI=1S/C17H20N4O3/c1-3-18-17(22)12-24-14-8-7-13(10-15(14)23-2)11-20-21-16-6-4-5-9-19-16/h4-11H,3,12H2,1-2H3,(H,18,22)(H,19,21)/b20-11+. The number of carbonyl (C=O) groups is 1. The number of likely N-dealkylation sites (N-methyl/N-ethyl adjacent to an activating group) is 1. The molecule has 0 atom stereocenters. The van der Waals surface area contributed by atoms with E-state index in [-0.39, 0.29) is 12.5 Å². The normalized spacial score (nSPS) is 10.4. The van der Waals surface area contributed by atoms with E-state index < -0.39 is 0 Å². The van der Waals surface area contributed by atoms with Gasteiger partial charge in [0.15, 0.2) is 18.1 Å². The summed E-state index contributed by atoms with van der Waals surface area (Å²) < 4.78 is 10.8. The maximum absolute atomic E-state index is 11.4. The lowest BCUT2D eigenvalue weighted by molar-refractivity contribution is -0.123. The second kappa shape index (κ2) is 9.14. The van der Waals surface area contributed by atoms with E-state index in [1.165, 1.54) is 0 Å². The van der Waals surface area contributed by atoms with Crippen LogP contribution in [0.3, 0.4) is 0 Å². The van der Waals surface area contributed by atoms with Crippen LogP contribution in [0.1, 0.15) is 12.5 Å². The highest BCUT2D eigenvalue weighted by atomic mass is 16.5. The molecule has 0 radical (unpaired) electrons. The van der Waals surface area contributed by atoms with Crippen LogP contribution in [0.5, 0.6) is 11.5 Å². The van der Waals surface area contributed by atoms with Gasteiger partial charge in [0.1, 0.15) is 5.82 Å². The molecule has 7 heteroatoms. The lowest BCUT2D eigenvalue weighted by atomic mass is 10.2. The van der Waals surface area contributed by atoms with Crippen LogP contribution in [0, 0.1) is 0 Å². The van der Waals surface area contributed by atoms with Crippen LogP contribution < -0.4 is 20.2 Å². The third-order valence-electron chi connectivity index (χ3n) is 2.98. The minimum Gasteiger partial charge on any atom is -0.493 e. The number of rotatable bonds is 8. The third kappa shape index (κ3) is 5.28. The number of hydrogen-bond donors (Lipinski definition) is 2. The summed E-state index contributed by atoms with van der Waals surface area (Å²) in [6, 6.07) is 10.8. The molecule has 0 bridgehead atoms. The number of pyridine rings is 1. The van der Waals surface area contributed by atoms with E-state index in [1.54, 1.807) is 31.7 Å². The zero-order chi connectivity index (χ0) is 17.2. The molecule has 7 nitrogen and oxygen atoms in total. The molecule has 0 aliphatic carbocycles. The average Bonchev–Trinajstić information content (AvgIpc) is 2.61. The van der Waals surface area contributed by atoms with Crippen molar-refractivity contribution < 1.29 is 14.3 Å². The quantitative estimate of drug-likeness (QED) is 0.572. The van der Waals surface area contributed by atoms with Crippen LogP contribution in [0.4, 0.5) is 5.82 Å². The lowest BCUT2D eigenvalue weighted by Gasteiger charge is -2.11. The monoisotopic (exact) mass is 328 g/mol. The number of hydrogen-bond acceptors (Lipinski definition) is 6. The van der Waals surface area contributed by atoms with Crippen molar-refractivity contribution >= 4 is 17.9 Å². The molecule has 0 unspecified atom stereocenters. The highest BCUT2D eigenvalue weighted by Gasteiger charge is 2.07. The van der Waals surface area contributed by atoms with Gasteiger partial charge in [-0.25, -0.2) is 4.98 Å². The van der Waals surface area contributed by atoms with E-state index in [1.807, 2.05) is 31.2 Å². The summed E-state index contributed by atoms with van der Waals surface area (Å²) in [7, 11) is 1.54. The first-order valence-electron chi connectivity index (χ1n) is 7.50. The molecule has 1 aromatic carbocycles. The summed E-state index contributed by atoms with van der Waals surface area (Å²) in [4.78, 5) is 15.6. The lowest BCUT2D eigenvalue weighted by Crippen LogP contribution is -2.28. The Morgan fingerprint density at radius 2 is 2.17 bits per heavy atom. The van der Waals surface area contributed by atoms with Crippen molar-refractivity contribution in [3.63, 3.8) is 0 Å². The molecule has 126 valence electrons. The number of aromatic nitrogens is 1. The SMILES string of the molecule is CCNC(=O)COc1ccc(/C=N/Nc2ccccn2)cc1OC. The average molecular weight is 328 g/mol. The smallest absolute Gasteiger partial charge is 0.257 e. The molecule has 0 saturated carbocycles. The van der Waals surface area contributed by atoms with Crippen molar-refractivity contribution in [1.82, 2.24) is 10.3 Å². The molecule has 1 amide bonds. The Bertz CT molecular complexity index is 689. The summed E-state index contributed by atoms with van der Waals surface area (Å²) in [5.74, 6) is 1.51. The Morgan fingerprint density at radius 3 is 2.88 bits per heavy atom. The van der Waals surface area contributed by atoms with E-state index in [0.29, 0.717) is 23.9 Å². The fourth-order valence-corrected chi connectivity index (χ4v) is 1.88. The topological polar surface area (TPSA) is 84.8 Å². The Morgan fingerprint density at radius 1 is 1.29 bits per heavy atom. The van der Waals surface area contributed by atoms with Crippen molar-refractivity contribution in [3.05, 3.63) is 48.2 Å². The second-order valence-electron chi connectivity index (χ2n) is 4.74. The summed E-state index contributed by atoms with van der Waals surface area (Å²) >= 11 is 0. The number of anilines is 1. The summed E-state index contributed by atoms with van der Waals surface area (Å²) in [6.07, 6.45) is 3.33. The fraction of sp³-hybridized carbons (Fsp3) is 0.235. The maximum Gasteiger partial charge on any atom is 0.257 e. The molecule has 0 aliphatic heterocycles. The van der Waals surface area contributed by atoms with E-state index >= 15 is 0 Å². The number of methoxy groups -OCH3 is 1. The predicted octanol–water partition coefficient (Wildman–Crippen LogP) is 2.05. The molecule has 0 saturated heterocycles. The zero-order valence-corrected chi connectivity index (χ0v) is 13.7. The van der Waals surface area contributed by atoms with Gasteiger partial charge in [0.05, 0.1) is 13.3 Å². The van der Waals surface area contributed by atoms with Gasteiger partial charge in [-0.2, -0.15) is 5.10 Å². The Labute approximate surface area is 140 Å². The van der Waals surface area contributed by atoms with Gasteiger partial charge in [0.25, 0.3) is 5.91 Å². The van der Waals surface area contributed by atoms with Crippen LogP contribution >= 0.6 is 0 Å². The minimum absolute atomic E-state index is 0.0567. The van der Waals surface area contributed by atoms with Crippen molar-refractivity contribution in [2.75, 3.05) is 25.7 Å². The van der Waals surface area contributed by atoms with Crippen molar-refractivity contribution in [2.24, 2.45) is 5.10 Å². The van der Waals surface area contributed by atoms with Crippen LogP contribution in [-0.2, 0) is 4.79 Å². The first-order valence-corrected chi connectivity index (χ1v) is 7.50. The van der Waals surface area contributed by atoms with Crippen molar-refractivity contribution in [1.29, 1.82) is 0 Å². The summed E-state index contributed by atoms with van der Waals surface area (Å²) in [5.41, 5.74) is 3.65. The Kier molecular flexibility index (Phi) is 6.58. The fourth-order valence-electron chi connectivity index (χ4n) is 1.88. The zero-order valence-electron chi connectivity index (χ0n) is 13.7. The molecule has 2 aromatic rings. The predicted molar refractivity (Wildman–Crippen MR) is 92.6 cm³/mol. The Hall–Kier alpha value is -3.09. The number of benzene rings is 1. The molecule has 2 rings (SSSR count). The molecular formula is C17H20N4O3. The minimum atomic E-state index is -0.176. The molecule has 24 heavy (non-hydrogen) atoms. The molecule has 0 aliphatic rings. The number of hydrazone groups is 1. The van der Waals surface area contributed by atoms with Crippen LogP contribution in [-0.4, -0.2) is 37.4 Å². The largest absolute Gasteiger partial charge is 0.493 e. The van der Waals surface area contributed by atoms with Gasteiger partial charge >= 0.3 is 0 Å². The number of nitrogens with zero attached hydrogens (tertiary/aromatic N) is 2. The van der Waals surface area contributed by atoms with Gasteiger partial charge in [-0.05, 0) is 42.8 Å². The molecule has 1 aromatic heterocycles. The van der Waals surface area contributed by atoms with Crippen molar-refractivity contribution in [2.45, 2.75) is 6.92 Å². The van der Waals surface area contributed by atoms with Crippen LogP contribution in [0.15, 0.2) is 47.7 Å². The van der Waals surface area contributed by atoms with E-state index in [4.69, 9.17) is 9.47 Å². The third-order valence-corrected chi connectivity index (χ3v) is 2.98. The number of ether oxygens (including phenoxy) is 2. The first kappa shape index (κ1) is 17.3. The molecule has 0 fully saturated rings. The van der Waals surface area contributed by atoms with Gasteiger partial charge in [-0.1, -0.05) is 6.07 Å². The molecule has 1 heterocycles. The molecular weight excluding hydrogens is 308 g/mol. The van der Waals surface area contributed by atoms with Gasteiger partial charge in [-0.15, -0.1) is 0 Å². The van der Waals surface area contributed by atoms with Gasteiger partial charge in [-0.3, -0.25) is 10.2 Å². The van der Waals surface area contributed by atoms with Crippen molar-refractivity contribution in [3.8, 4) is 11.5 Å². The Balaban J connectivity index is 1.98. The molecule has 0 spiro atoms. The summed E-state index contributed by atoms with van der Waals surface area (Å²) in [5, 5.41) is 6.79. The molecule has 2 N–H and O–H groups in total. The van der Waals surface area contributed by atoms with Gasteiger partial charge < -0.3 is 14.8 Å². The highest BCUT2D eigenvalue weighted by molar-refractivity contribution is 5.81. The van der Waals surface area contributed by atoms with Crippen LogP contribution in [0.2, 0.25) is 0 Å². The summed E-state index contributed by atoms with van der Waals surface area (Å²) in [6.45, 7) is 2.36. The second-order valence-corrected chi connectivity index (χ2v) is 4.74. The number of nitrogens with one attached hydrogen (secondary N) is 2. The van der Waals surface area contributed by atoms with Gasteiger partial charge in [0, 0.05) is 12.7 Å². The maximum atomic E-state index is 11.4. The van der Waals surface area contributed by atoms with Gasteiger partial charge in [0.2, 0.25) is 0 Å². The first-order chi connectivity index (χ1) is 11.7. The highest BCUT2D eigenvalue weighted by Crippen LogP contribution is 2.27. The van der Waals surface area contributed by atoms with Crippen LogP contribution in [0.25, 0.3) is 0 Å². The van der Waals surface area contributed by atoms with E-state index in [9.17, 15) is 4.79 Å². The van der Waals surface area contributed by atoms with E-state index in [0.717, 1.165) is 5.56 Å². The number of amides is 1.